The van der Waals surface area contributed by atoms with Crippen LogP contribution in [0.2, 0.25) is 0 Å². The number of unbranched alkanes of at least 4 members (excludes halogenated alkanes) is 11. The maximum Gasteiger partial charge on any atom is 0.163 e. The van der Waals surface area contributed by atoms with Crippen LogP contribution in [-0.4, -0.2) is 40.9 Å². The number of hydrogen-bond acceptors (Lipinski definition) is 4. The third-order valence-corrected chi connectivity index (χ3v) is 5.13. The fraction of sp³-hybridized carbons (Fsp3) is 1.00. The number of ether oxygens (including phenoxy) is 2. The molecule has 150 valence electrons. The highest BCUT2D eigenvalue weighted by atomic mass is 16.8. The second-order valence-electron chi connectivity index (χ2n) is 8.07. The van der Waals surface area contributed by atoms with Crippen molar-refractivity contribution in [3.63, 3.8) is 0 Å². The van der Waals surface area contributed by atoms with Crippen LogP contribution >= 0.6 is 0 Å². The van der Waals surface area contributed by atoms with E-state index in [0.717, 1.165) is 12.8 Å². The van der Waals surface area contributed by atoms with Gasteiger partial charge in [0.2, 0.25) is 0 Å². The van der Waals surface area contributed by atoms with E-state index < -0.39 is 18.0 Å². The number of aliphatic hydroxyl groups excluding tert-OH is 2. The van der Waals surface area contributed by atoms with Gasteiger partial charge in [-0.05, 0) is 20.3 Å². The predicted octanol–water partition coefficient (Wildman–Crippen LogP) is 4.95. The van der Waals surface area contributed by atoms with Crippen LogP contribution in [0.1, 0.15) is 104 Å². The lowest BCUT2D eigenvalue weighted by Gasteiger charge is -2.20. The van der Waals surface area contributed by atoms with Gasteiger partial charge in [0.05, 0.1) is 12.7 Å². The summed E-state index contributed by atoms with van der Waals surface area (Å²) in [5, 5.41) is 19.1. The lowest BCUT2D eigenvalue weighted by Crippen LogP contribution is -2.37. The van der Waals surface area contributed by atoms with Crippen molar-refractivity contribution in [1.82, 2.24) is 0 Å². The van der Waals surface area contributed by atoms with Gasteiger partial charge in [-0.1, -0.05) is 84.0 Å². The molecule has 1 aliphatic rings. The van der Waals surface area contributed by atoms with Crippen molar-refractivity contribution in [3.05, 3.63) is 0 Å². The van der Waals surface area contributed by atoms with E-state index in [-0.39, 0.29) is 12.7 Å². The Balaban J connectivity index is 2.00. The molecule has 0 saturated carbocycles. The van der Waals surface area contributed by atoms with Gasteiger partial charge in [0.15, 0.2) is 5.79 Å². The van der Waals surface area contributed by atoms with E-state index in [4.69, 9.17) is 9.47 Å². The van der Waals surface area contributed by atoms with Crippen molar-refractivity contribution in [2.75, 3.05) is 6.61 Å². The molecule has 1 heterocycles. The zero-order chi connectivity index (χ0) is 18.5. The minimum absolute atomic E-state index is 0.111. The molecule has 0 unspecified atom stereocenters. The molecule has 0 amide bonds. The molecule has 1 rings (SSSR count). The molecule has 0 aromatic heterocycles. The lowest BCUT2D eigenvalue weighted by molar-refractivity contribution is -0.157. The summed E-state index contributed by atoms with van der Waals surface area (Å²) >= 11 is 0. The van der Waals surface area contributed by atoms with Gasteiger partial charge in [-0.2, -0.15) is 0 Å². The molecule has 0 aromatic carbocycles. The Labute approximate surface area is 155 Å². The van der Waals surface area contributed by atoms with E-state index >= 15 is 0 Å². The van der Waals surface area contributed by atoms with Gasteiger partial charge in [0, 0.05) is 0 Å². The summed E-state index contributed by atoms with van der Waals surface area (Å²) < 4.78 is 11.6. The molecular weight excluding hydrogens is 316 g/mol. The van der Waals surface area contributed by atoms with Crippen molar-refractivity contribution >= 4 is 0 Å². The standard InChI is InChI=1S/C21H42O4/c1-4-5-6-7-8-9-10-11-12-13-14-15-16-19-20(18(23)17-22)25-21(2,3)24-19/h18-20,22-23H,4-17H2,1-3H3/t18-,19-,20+/m0/s1. The van der Waals surface area contributed by atoms with Crippen LogP contribution in [0.3, 0.4) is 0 Å². The molecule has 0 radical (unpaired) electrons. The second-order valence-corrected chi connectivity index (χ2v) is 8.07. The molecule has 4 nitrogen and oxygen atoms in total. The summed E-state index contributed by atoms with van der Waals surface area (Å²) in [6.07, 6.45) is 15.5. The minimum Gasteiger partial charge on any atom is -0.394 e. The Morgan fingerprint density at radius 2 is 1.28 bits per heavy atom. The Morgan fingerprint density at radius 3 is 1.76 bits per heavy atom. The van der Waals surface area contributed by atoms with Gasteiger partial charge in [0.1, 0.15) is 12.2 Å². The molecule has 1 aliphatic heterocycles. The zero-order valence-electron chi connectivity index (χ0n) is 16.8. The maximum atomic E-state index is 9.90. The highest BCUT2D eigenvalue weighted by molar-refractivity contribution is 4.86. The molecular formula is C21H42O4. The molecule has 1 fully saturated rings. The fourth-order valence-electron chi connectivity index (χ4n) is 3.70. The van der Waals surface area contributed by atoms with Crippen LogP contribution in [0.5, 0.6) is 0 Å². The average molecular weight is 359 g/mol. The van der Waals surface area contributed by atoms with E-state index in [1.165, 1.54) is 70.6 Å². The van der Waals surface area contributed by atoms with Crippen molar-refractivity contribution in [3.8, 4) is 0 Å². The largest absolute Gasteiger partial charge is 0.394 e. The smallest absolute Gasteiger partial charge is 0.163 e. The van der Waals surface area contributed by atoms with Crippen LogP contribution in [0, 0.1) is 0 Å². The molecule has 0 aromatic rings. The fourth-order valence-corrected chi connectivity index (χ4v) is 3.70. The maximum absolute atomic E-state index is 9.90. The Hall–Kier alpha value is -0.160. The molecule has 3 atom stereocenters. The molecule has 2 N–H and O–H groups in total. The van der Waals surface area contributed by atoms with Crippen LogP contribution in [0.25, 0.3) is 0 Å². The van der Waals surface area contributed by atoms with Gasteiger partial charge in [0.25, 0.3) is 0 Å². The number of rotatable bonds is 15. The Morgan fingerprint density at radius 1 is 0.800 bits per heavy atom. The second kappa shape index (κ2) is 13.1. The SMILES string of the molecule is CCCCCCCCCCCCCC[C@@H]1OC(C)(C)O[C@@H]1[C@@H](O)CO. The number of hydrogen-bond donors (Lipinski definition) is 2. The summed E-state index contributed by atoms with van der Waals surface area (Å²) in [6, 6.07) is 0. The quantitative estimate of drug-likeness (QED) is 0.407. The zero-order valence-corrected chi connectivity index (χ0v) is 16.8. The van der Waals surface area contributed by atoms with Gasteiger partial charge < -0.3 is 19.7 Å². The Bertz CT molecular complexity index is 319. The van der Waals surface area contributed by atoms with Crippen LogP contribution in [-0.2, 0) is 9.47 Å². The van der Waals surface area contributed by atoms with E-state index in [2.05, 4.69) is 6.92 Å². The van der Waals surface area contributed by atoms with E-state index in [1.807, 2.05) is 13.8 Å². The summed E-state index contributed by atoms with van der Waals surface area (Å²) in [6.45, 7) is 5.72. The van der Waals surface area contributed by atoms with Gasteiger partial charge >= 0.3 is 0 Å². The summed E-state index contributed by atoms with van der Waals surface area (Å²) in [7, 11) is 0. The molecule has 0 aliphatic carbocycles. The van der Waals surface area contributed by atoms with E-state index in [9.17, 15) is 10.2 Å². The van der Waals surface area contributed by atoms with E-state index in [1.54, 1.807) is 0 Å². The highest BCUT2D eigenvalue weighted by Gasteiger charge is 2.43. The molecule has 4 heteroatoms. The topological polar surface area (TPSA) is 58.9 Å². The highest BCUT2D eigenvalue weighted by Crippen LogP contribution is 2.32. The molecule has 0 spiro atoms. The summed E-state index contributed by atoms with van der Waals surface area (Å²) in [4.78, 5) is 0. The molecule has 0 bridgehead atoms. The van der Waals surface area contributed by atoms with Crippen LogP contribution < -0.4 is 0 Å². The van der Waals surface area contributed by atoms with Crippen LogP contribution in [0.4, 0.5) is 0 Å². The third-order valence-electron chi connectivity index (χ3n) is 5.13. The van der Waals surface area contributed by atoms with Gasteiger partial charge in [-0.25, -0.2) is 0 Å². The van der Waals surface area contributed by atoms with Crippen molar-refractivity contribution in [2.24, 2.45) is 0 Å². The summed E-state index contributed by atoms with van der Waals surface area (Å²) in [5.41, 5.74) is 0. The molecule has 25 heavy (non-hydrogen) atoms. The average Bonchev–Trinajstić information content (AvgIpc) is 2.90. The van der Waals surface area contributed by atoms with Crippen molar-refractivity contribution in [2.45, 2.75) is 128 Å². The third kappa shape index (κ3) is 9.93. The Kier molecular flexibility index (Phi) is 12.0. The number of aliphatic hydroxyl groups is 2. The van der Waals surface area contributed by atoms with Crippen LogP contribution in [0.15, 0.2) is 0 Å². The van der Waals surface area contributed by atoms with Gasteiger partial charge in [-0.15, -0.1) is 0 Å². The first-order valence-electron chi connectivity index (χ1n) is 10.6. The summed E-state index contributed by atoms with van der Waals surface area (Å²) in [5.74, 6) is -0.664. The lowest BCUT2D eigenvalue weighted by atomic mass is 10.0. The minimum atomic E-state index is -0.857. The first kappa shape index (κ1) is 22.9. The first-order valence-corrected chi connectivity index (χ1v) is 10.6. The normalized spacial score (nSPS) is 23.9. The van der Waals surface area contributed by atoms with E-state index in [0.29, 0.717) is 0 Å². The van der Waals surface area contributed by atoms with Crippen molar-refractivity contribution in [1.29, 1.82) is 0 Å². The predicted molar refractivity (Wildman–Crippen MR) is 103 cm³/mol. The molecule has 1 saturated heterocycles. The van der Waals surface area contributed by atoms with Crippen molar-refractivity contribution < 1.29 is 19.7 Å². The van der Waals surface area contributed by atoms with Gasteiger partial charge in [-0.3, -0.25) is 0 Å². The monoisotopic (exact) mass is 358 g/mol. The first-order chi connectivity index (χ1) is 12.0.